The molecule has 6 N–H and O–H groups in total. The number of likely N-dealkylation sites (tertiary alicyclic amines) is 1. The second-order valence-corrected chi connectivity index (χ2v) is 8.38. The molecule has 0 atom stereocenters. The maximum absolute atomic E-state index is 10.9. The molecule has 1 amide bonds. The molecule has 2 rings (SSSR count). The fraction of sp³-hybridized carbons (Fsp3) is 0.581. The van der Waals surface area contributed by atoms with Crippen LogP contribution in [0.3, 0.4) is 0 Å². The number of carboxylic acids is 1. The summed E-state index contributed by atoms with van der Waals surface area (Å²) in [5.41, 5.74) is 10.6. The molecule has 1 saturated heterocycles. The van der Waals surface area contributed by atoms with E-state index in [-0.39, 0.29) is 23.1 Å². The summed E-state index contributed by atoms with van der Waals surface area (Å²) < 4.78 is 0. The molecule has 0 aromatic rings. The fourth-order valence-corrected chi connectivity index (χ4v) is 3.63. The smallest absolute Gasteiger partial charge is 0.306 e. The predicted octanol–water partition coefficient (Wildman–Crippen LogP) is 7.55. The van der Waals surface area contributed by atoms with Crippen molar-refractivity contribution in [3.05, 3.63) is 59.1 Å². The van der Waals surface area contributed by atoms with Gasteiger partial charge >= 0.3 is 5.97 Å². The van der Waals surface area contributed by atoms with Crippen molar-refractivity contribution in [2.45, 2.75) is 93.4 Å². The van der Waals surface area contributed by atoms with Gasteiger partial charge in [0.2, 0.25) is 6.41 Å². The van der Waals surface area contributed by atoms with Gasteiger partial charge in [0.25, 0.3) is 0 Å². The summed E-state index contributed by atoms with van der Waals surface area (Å²) in [6.45, 7) is 18.4. The maximum atomic E-state index is 10.9. The number of piperidine rings is 1. The number of carbonyl (C=O) groups excluding carboxylic acids is 1. The third-order valence-electron chi connectivity index (χ3n) is 5.52. The molecule has 0 aromatic heterocycles. The molecule has 1 saturated carbocycles. The van der Waals surface area contributed by atoms with E-state index in [0.29, 0.717) is 24.3 Å². The van der Waals surface area contributed by atoms with Crippen molar-refractivity contribution in [1.29, 1.82) is 5.26 Å². The predicted molar refractivity (Wildman–Crippen MR) is 169 cm³/mol. The second-order valence-electron chi connectivity index (χ2n) is 7.97. The van der Waals surface area contributed by atoms with Crippen LogP contribution < -0.4 is 11.5 Å². The van der Waals surface area contributed by atoms with Gasteiger partial charge in [-0.1, -0.05) is 91.1 Å². The molecular formula is C31H55ClN4O4. The van der Waals surface area contributed by atoms with E-state index in [1.54, 1.807) is 6.92 Å². The first kappa shape index (κ1) is 43.9. The van der Waals surface area contributed by atoms with Crippen LogP contribution in [0.1, 0.15) is 93.4 Å². The Morgan fingerprint density at radius 1 is 1.02 bits per heavy atom. The Kier molecular flexibility index (Phi) is 35.1. The molecule has 1 heterocycles. The molecule has 230 valence electrons. The molecule has 0 bridgehead atoms. The standard InChI is InChI=1S/C16H26N2O2.C8H8ClNO.3C2H6.CH3NO/c17-15(8-4-7-13-5-2-1-3-6-13)18-11-9-14(10-12-18)16(19)20;1-3-7(11)4-8(9)6(2)5-10;3*1-2;2-1-3/h4,7-8,13-14H,1-3,5-6,9-12,17H2,(H,19,20);3-4,11H,1H2,2H3;3*1-2H3;1H,(H2,2,3)/b7-4+,15-8+;7-4+,8-6-;;;;. The summed E-state index contributed by atoms with van der Waals surface area (Å²) >= 11 is 5.58. The van der Waals surface area contributed by atoms with Crippen molar-refractivity contribution in [3.63, 3.8) is 0 Å². The zero-order valence-corrected chi connectivity index (χ0v) is 26.6. The number of hydrogen-bond donors (Lipinski definition) is 4. The highest BCUT2D eigenvalue weighted by Gasteiger charge is 2.24. The maximum Gasteiger partial charge on any atom is 0.306 e. The summed E-state index contributed by atoms with van der Waals surface area (Å²) in [6.07, 6.45) is 17.1. The van der Waals surface area contributed by atoms with Gasteiger partial charge in [-0.25, -0.2) is 0 Å². The van der Waals surface area contributed by atoms with Gasteiger partial charge in [0.05, 0.1) is 22.8 Å². The van der Waals surface area contributed by atoms with Gasteiger partial charge in [-0.2, -0.15) is 5.26 Å². The van der Waals surface area contributed by atoms with Crippen molar-refractivity contribution < 1.29 is 19.8 Å². The van der Waals surface area contributed by atoms with Gasteiger partial charge in [0.15, 0.2) is 0 Å². The van der Waals surface area contributed by atoms with E-state index in [0.717, 1.165) is 18.9 Å². The summed E-state index contributed by atoms with van der Waals surface area (Å²) in [6, 6.07) is 1.85. The third-order valence-corrected chi connectivity index (χ3v) is 5.91. The molecule has 1 aliphatic carbocycles. The highest BCUT2D eigenvalue weighted by Crippen LogP contribution is 2.24. The topological polar surface area (TPSA) is 154 Å². The van der Waals surface area contributed by atoms with E-state index in [9.17, 15) is 4.79 Å². The summed E-state index contributed by atoms with van der Waals surface area (Å²) in [7, 11) is 0. The largest absolute Gasteiger partial charge is 0.508 e. The summed E-state index contributed by atoms with van der Waals surface area (Å²) in [5, 5.41) is 26.4. The Bertz CT molecular complexity index is 816. The Morgan fingerprint density at radius 3 is 1.90 bits per heavy atom. The van der Waals surface area contributed by atoms with Crippen LogP contribution >= 0.6 is 11.6 Å². The lowest BCUT2D eigenvalue weighted by Crippen LogP contribution is -2.38. The first-order valence-electron chi connectivity index (χ1n) is 14.3. The number of aliphatic carboxylic acids is 1. The number of aliphatic hydroxyl groups is 1. The van der Waals surface area contributed by atoms with Crippen LogP contribution in [-0.4, -0.2) is 40.6 Å². The first-order valence-corrected chi connectivity index (χ1v) is 14.6. The van der Waals surface area contributed by atoms with Crippen LogP contribution in [0.2, 0.25) is 0 Å². The number of aliphatic hydroxyl groups excluding tert-OH is 1. The quantitative estimate of drug-likeness (QED) is 0.109. The third kappa shape index (κ3) is 23.9. The Balaban J connectivity index is -0.000000275. The van der Waals surface area contributed by atoms with Crippen molar-refractivity contribution in [2.24, 2.45) is 23.3 Å². The SMILES string of the molecule is C=C/C(O)=C\C(Cl)=C(/C)C#N.CC.CC.CC.N/C(=C\C=C\C1CCCCC1)N1CCC(C(=O)O)CC1.NC=O. The fourth-order valence-electron chi connectivity index (χ4n) is 3.48. The number of primary amides is 1. The lowest BCUT2D eigenvalue weighted by atomic mass is 9.89. The minimum absolute atomic E-state index is 0.0513. The van der Waals surface area contributed by atoms with Crippen LogP contribution in [0.4, 0.5) is 0 Å². The molecule has 9 heteroatoms. The molecule has 0 aromatic carbocycles. The normalized spacial score (nSPS) is 16.1. The van der Waals surface area contributed by atoms with E-state index >= 15 is 0 Å². The van der Waals surface area contributed by atoms with Crippen LogP contribution in [-0.2, 0) is 9.59 Å². The van der Waals surface area contributed by atoms with Crippen molar-refractivity contribution in [1.82, 2.24) is 4.90 Å². The number of allylic oxidation sites excluding steroid dienone is 7. The molecule has 0 unspecified atom stereocenters. The number of carboxylic acid groups (broad SMARTS) is 1. The van der Waals surface area contributed by atoms with Crippen molar-refractivity contribution >= 4 is 24.0 Å². The van der Waals surface area contributed by atoms with E-state index in [1.807, 2.05) is 53.7 Å². The number of halogens is 1. The number of carbonyl (C=O) groups is 2. The highest BCUT2D eigenvalue weighted by molar-refractivity contribution is 6.31. The van der Waals surface area contributed by atoms with Crippen LogP contribution in [0.25, 0.3) is 0 Å². The van der Waals surface area contributed by atoms with Gasteiger partial charge in [-0.15, -0.1) is 0 Å². The van der Waals surface area contributed by atoms with E-state index in [2.05, 4.69) is 29.4 Å². The number of hydrogen-bond acceptors (Lipinski definition) is 6. The average molecular weight is 583 g/mol. The van der Waals surface area contributed by atoms with Crippen LogP contribution in [0.5, 0.6) is 0 Å². The van der Waals surface area contributed by atoms with E-state index in [1.165, 1.54) is 44.3 Å². The summed E-state index contributed by atoms with van der Waals surface area (Å²) in [5.74, 6) is 0.553. The van der Waals surface area contributed by atoms with E-state index < -0.39 is 5.97 Å². The molecule has 0 radical (unpaired) electrons. The minimum atomic E-state index is -0.676. The van der Waals surface area contributed by atoms with Crippen LogP contribution in [0.15, 0.2) is 59.1 Å². The summed E-state index contributed by atoms with van der Waals surface area (Å²) in [4.78, 5) is 21.6. The molecular weight excluding hydrogens is 528 g/mol. The van der Waals surface area contributed by atoms with Gasteiger partial charge in [0.1, 0.15) is 5.76 Å². The number of nitrogens with zero attached hydrogens (tertiary/aromatic N) is 2. The lowest BCUT2D eigenvalue weighted by Gasteiger charge is -2.31. The second kappa shape index (κ2) is 32.0. The number of amides is 1. The van der Waals surface area contributed by atoms with E-state index in [4.69, 9.17) is 37.6 Å². The Morgan fingerprint density at radius 2 is 1.50 bits per heavy atom. The average Bonchev–Trinajstić information content (AvgIpc) is 3.00. The first-order chi connectivity index (χ1) is 19.2. The molecule has 2 aliphatic rings. The Labute approximate surface area is 248 Å². The van der Waals surface area contributed by atoms with Crippen LogP contribution in [0, 0.1) is 23.2 Å². The highest BCUT2D eigenvalue weighted by atomic mass is 35.5. The molecule has 40 heavy (non-hydrogen) atoms. The molecule has 8 nitrogen and oxygen atoms in total. The monoisotopic (exact) mass is 582 g/mol. The van der Waals surface area contributed by atoms with Crippen molar-refractivity contribution in [3.8, 4) is 6.07 Å². The zero-order chi connectivity index (χ0) is 31.9. The molecule has 0 spiro atoms. The zero-order valence-electron chi connectivity index (χ0n) is 25.8. The van der Waals surface area contributed by atoms with Gasteiger partial charge < -0.3 is 26.6 Å². The lowest BCUT2D eigenvalue weighted by molar-refractivity contribution is -0.143. The van der Waals surface area contributed by atoms with Gasteiger partial charge in [-0.05, 0) is 56.8 Å². The number of nitriles is 1. The van der Waals surface area contributed by atoms with Crippen molar-refractivity contribution in [2.75, 3.05) is 13.1 Å². The Hall–Kier alpha value is -3.18. The molecule has 1 aliphatic heterocycles. The number of nitrogens with two attached hydrogens (primary N) is 2. The number of rotatable bonds is 6. The van der Waals surface area contributed by atoms with Gasteiger partial charge in [-0.3, -0.25) is 9.59 Å². The van der Waals surface area contributed by atoms with Gasteiger partial charge in [0, 0.05) is 18.7 Å². The molecule has 2 fully saturated rings. The minimum Gasteiger partial charge on any atom is -0.508 e.